The number of allylic oxidation sites excluding steroid dienone is 2. The van der Waals surface area contributed by atoms with E-state index in [-0.39, 0.29) is 6.42 Å². The van der Waals surface area contributed by atoms with Crippen LogP contribution in [0.15, 0.2) is 29.3 Å². The topological polar surface area (TPSA) is 112 Å². The summed E-state index contributed by atoms with van der Waals surface area (Å²) in [5, 5.41) is 2.70. The first kappa shape index (κ1) is 20.3. The first-order valence-corrected chi connectivity index (χ1v) is 9.65. The van der Waals surface area contributed by atoms with E-state index in [9.17, 15) is 9.59 Å². The highest BCUT2D eigenvalue weighted by Crippen LogP contribution is 2.28. The number of carbonyl (C=O) groups excluding carboxylic acids is 2. The maximum absolute atomic E-state index is 11.4. The number of rotatable bonds is 10. The summed E-state index contributed by atoms with van der Waals surface area (Å²) >= 11 is 0. The van der Waals surface area contributed by atoms with Crippen LogP contribution in [0.25, 0.3) is 0 Å². The van der Waals surface area contributed by atoms with E-state index in [4.69, 9.17) is 19.0 Å². The molecule has 0 spiro atoms. The molecule has 9 heteroatoms. The summed E-state index contributed by atoms with van der Waals surface area (Å²) in [5.74, 6) is 0. The van der Waals surface area contributed by atoms with Crippen LogP contribution in [0.1, 0.15) is 26.2 Å². The molecular weight excluding hydrogens is 330 g/mol. The van der Waals surface area contributed by atoms with Crippen molar-refractivity contribution in [3.63, 3.8) is 0 Å². The Morgan fingerprint density at radius 3 is 2.62 bits per heavy atom. The molecule has 0 aromatic carbocycles. The first-order chi connectivity index (χ1) is 11.4. The fourth-order valence-electron chi connectivity index (χ4n) is 2.65. The molecule has 24 heavy (non-hydrogen) atoms. The van der Waals surface area contributed by atoms with Crippen LogP contribution in [0.5, 0.6) is 0 Å². The third-order valence-electron chi connectivity index (χ3n) is 3.75. The second-order valence-electron chi connectivity index (χ2n) is 5.48. The van der Waals surface area contributed by atoms with Gasteiger partial charge in [-0.1, -0.05) is 37.6 Å². The molecule has 0 saturated heterocycles. The summed E-state index contributed by atoms with van der Waals surface area (Å²) in [6.45, 7) is 1.98. The van der Waals surface area contributed by atoms with Gasteiger partial charge in [0.2, 0.25) is 6.08 Å². The number of nitrogens with two attached hydrogens (primary N) is 1. The van der Waals surface area contributed by atoms with Gasteiger partial charge in [-0.3, -0.25) is 0 Å². The van der Waals surface area contributed by atoms with Crippen LogP contribution < -0.4 is 11.1 Å². The van der Waals surface area contributed by atoms with Crippen molar-refractivity contribution in [1.29, 1.82) is 0 Å². The van der Waals surface area contributed by atoms with Gasteiger partial charge in [0.1, 0.15) is 0 Å². The fourth-order valence-corrected chi connectivity index (χ4v) is 4.69. The molecule has 3 N–H and O–H groups in total. The van der Waals surface area contributed by atoms with Gasteiger partial charge < -0.3 is 24.3 Å². The highest BCUT2D eigenvalue weighted by molar-refractivity contribution is 6.60. The monoisotopic (exact) mass is 355 g/mol. The fraction of sp³-hybridized carbons (Fsp3) is 0.600. The highest BCUT2D eigenvalue weighted by Gasteiger charge is 2.43. The second-order valence-corrected chi connectivity index (χ2v) is 8.39. The van der Waals surface area contributed by atoms with Crippen molar-refractivity contribution in [2.45, 2.75) is 44.0 Å². The third-order valence-corrected chi connectivity index (χ3v) is 6.73. The number of primary amides is 1. The minimum atomic E-state index is -2.96. The quantitative estimate of drug-likeness (QED) is 0.351. The lowest BCUT2D eigenvalue weighted by atomic mass is 9.87. The number of carbonyl (C=O) groups is 1. The standard InChI is InChI=1S/C15H25N3O5Si/c1-4-10-24(21-2,22-3)23-13(17-12-19)11-15(18-14(16)20)8-6-5-7-9-15/h5-8,13H,4,9-11H2,1-3H3,(H3,16,18,20). The Bertz CT molecular complexity index is 529. The zero-order valence-corrected chi connectivity index (χ0v) is 15.3. The Morgan fingerprint density at radius 1 is 1.46 bits per heavy atom. The summed E-state index contributed by atoms with van der Waals surface area (Å²) in [5.41, 5.74) is 4.50. The average molecular weight is 355 g/mol. The molecule has 0 heterocycles. The molecule has 0 aliphatic heterocycles. The van der Waals surface area contributed by atoms with Crippen LogP contribution in [0.3, 0.4) is 0 Å². The van der Waals surface area contributed by atoms with E-state index < -0.39 is 26.6 Å². The van der Waals surface area contributed by atoms with E-state index in [0.29, 0.717) is 12.5 Å². The Kier molecular flexibility index (Phi) is 8.03. The Hall–Kier alpha value is -1.77. The number of amides is 2. The lowest BCUT2D eigenvalue weighted by Gasteiger charge is -2.36. The molecular formula is C15H25N3O5Si. The van der Waals surface area contributed by atoms with Gasteiger partial charge in [0.25, 0.3) is 0 Å². The van der Waals surface area contributed by atoms with Crippen molar-refractivity contribution in [3.05, 3.63) is 24.3 Å². The number of nitrogens with zero attached hydrogens (tertiary/aromatic N) is 1. The predicted molar refractivity (Wildman–Crippen MR) is 90.8 cm³/mol. The number of urea groups is 1. The number of hydrogen-bond donors (Lipinski definition) is 2. The van der Waals surface area contributed by atoms with Crippen LogP contribution in [0, 0.1) is 0 Å². The number of hydrogen-bond acceptors (Lipinski definition) is 6. The van der Waals surface area contributed by atoms with Gasteiger partial charge in [-0.05, 0) is 6.42 Å². The molecule has 2 amide bonds. The van der Waals surface area contributed by atoms with Crippen molar-refractivity contribution in [2.75, 3.05) is 14.2 Å². The molecule has 1 aliphatic carbocycles. The van der Waals surface area contributed by atoms with Gasteiger partial charge >= 0.3 is 14.8 Å². The maximum atomic E-state index is 11.4. The summed E-state index contributed by atoms with van der Waals surface area (Å²) in [6, 6.07) is -0.0871. The first-order valence-electron chi connectivity index (χ1n) is 7.72. The maximum Gasteiger partial charge on any atom is 0.502 e. The molecule has 0 radical (unpaired) electrons. The van der Waals surface area contributed by atoms with Crippen LogP contribution in [-0.4, -0.2) is 46.9 Å². The lowest BCUT2D eigenvalue weighted by molar-refractivity contribution is 0.0458. The van der Waals surface area contributed by atoms with Crippen LogP contribution in [0.2, 0.25) is 6.04 Å². The molecule has 0 bridgehead atoms. The van der Waals surface area contributed by atoms with E-state index >= 15 is 0 Å². The highest BCUT2D eigenvalue weighted by atomic mass is 28.4. The van der Waals surface area contributed by atoms with Crippen molar-refractivity contribution in [2.24, 2.45) is 10.7 Å². The molecule has 0 saturated carbocycles. The molecule has 2 unspecified atom stereocenters. The summed E-state index contributed by atoms with van der Waals surface area (Å²) < 4.78 is 16.9. The smallest absolute Gasteiger partial charge is 0.377 e. The summed E-state index contributed by atoms with van der Waals surface area (Å²) in [6.07, 6.45) is 9.49. The molecule has 134 valence electrons. The molecule has 2 atom stereocenters. The zero-order chi connectivity index (χ0) is 18.1. The molecule has 0 aromatic heterocycles. The third kappa shape index (κ3) is 5.70. The van der Waals surface area contributed by atoms with Gasteiger partial charge in [0.15, 0.2) is 6.23 Å². The number of nitrogens with one attached hydrogen (secondary N) is 1. The van der Waals surface area contributed by atoms with Crippen LogP contribution >= 0.6 is 0 Å². The van der Waals surface area contributed by atoms with Gasteiger partial charge in [-0.25, -0.2) is 9.59 Å². The minimum absolute atomic E-state index is 0.206. The Labute approximate surface area is 143 Å². The van der Waals surface area contributed by atoms with E-state index in [2.05, 4.69) is 10.3 Å². The van der Waals surface area contributed by atoms with Crippen molar-refractivity contribution in [3.8, 4) is 0 Å². The SMILES string of the molecule is CCC[Si](OC)(OC)OC(CC1(NC(N)=O)C=CC=CC1)N=C=O. The molecule has 8 nitrogen and oxygen atoms in total. The van der Waals surface area contributed by atoms with Crippen molar-refractivity contribution in [1.82, 2.24) is 5.32 Å². The Balaban J connectivity index is 3.01. The summed E-state index contributed by atoms with van der Waals surface area (Å²) in [4.78, 5) is 25.9. The van der Waals surface area contributed by atoms with Crippen molar-refractivity contribution < 1.29 is 22.9 Å². The van der Waals surface area contributed by atoms with Gasteiger partial charge in [0.05, 0.1) is 5.54 Å². The largest absolute Gasteiger partial charge is 0.502 e. The molecule has 0 fully saturated rings. The predicted octanol–water partition coefficient (Wildman–Crippen LogP) is 1.62. The van der Waals surface area contributed by atoms with Crippen LogP contribution in [-0.2, 0) is 18.1 Å². The number of aliphatic imine (C=N–C) groups is 1. The molecule has 1 rings (SSSR count). The second kappa shape index (κ2) is 9.51. The van der Waals surface area contributed by atoms with Crippen LogP contribution in [0.4, 0.5) is 4.79 Å². The summed E-state index contributed by atoms with van der Waals surface area (Å²) in [7, 11) is 0.0555. The van der Waals surface area contributed by atoms with Gasteiger partial charge in [-0.2, -0.15) is 4.99 Å². The molecule has 0 aromatic rings. The minimum Gasteiger partial charge on any atom is -0.377 e. The van der Waals surface area contributed by atoms with Crippen molar-refractivity contribution >= 4 is 20.9 Å². The van der Waals surface area contributed by atoms with Gasteiger partial charge in [-0.15, -0.1) is 0 Å². The lowest BCUT2D eigenvalue weighted by Crippen LogP contribution is -2.53. The van der Waals surface area contributed by atoms with E-state index in [0.717, 1.165) is 6.42 Å². The normalized spacial score (nSPS) is 21.1. The average Bonchev–Trinajstić information content (AvgIpc) is 2.54. The van der Waals surface area contributed by atoms with E-state index in [1.165, 1.54) is 20.3 Å². The molecule has 1 aliphatic rings. The Morgan fingerprint density at radius 2 is 2.17 bits per heavy atom. The number of isocyanates is 1. The van der Waals surface area contributed by atoms with Gasteiger partial charge in [0, 0.05) is 26.7 Å². The van der Waals surface area contributed by atoms with E-state index in [1.54, 1.807) is 12.2 Å². The van der Waals surface area contributed by atoms with E-state index in [1.807, 2.05) is 19.1 Å². The zero-order valence-electron chi connectivity index (χ0n) is 14.3.